The number of carbonyl (C=O) groups excluding carboxylic acids is 2. The Morgan fingerprint density at radius 3 is 2.48 bits per heavy atom. The Morgan fingerprint density at radius 1 is 1.30 bits per heavy atom. The Bertz CT molecular complexity index is 553. The fraction of sp³-hybridized carbons (Fsp3) is 0.529. The van der Waals surface area contributed by atoms with Gasteiger partial charge in [0.25, 0.3) is 0 Å². The Labute approximate surface area is 143 Å². The van der Waals surface area contributed by atoms with Crippen LogP contribution in [-0.2, 0) is 16.0 Å². The van der Waals surface area contributed by atoms with Crippen LogP contribution in [0.2, 0.25) is 0 Å². The zero-order valence-electron chi connectivity index (χ0n) is 14.4. The largest absolute Gasteiger partial charge is 0.444 e. The predicted octanol–water partition coefficient (Wildman–Crippen LogP) is 3.03. The summed E-state index contributed by atoms with van der Waals surface area (Å²) in [5.74, 6) is 0. The van der Waals surface area contributed by atoms with E-state index in [-0.39, 0.29) is 5.12 Å². The molecule has 0 fully saturated rings. The Kier molecular flexibility index (Phi) is 6.94. The number of rotatable bonds is 6. The molecule has 0 spiro atoms. The quantitative estimate of drug-likeness (QED) is 0.783. The molecule has 1 N–H and O–H groups in total. The van der Waals surface area contributed by atoms with Gasteiger partial charge in [0.2, 0.25) is 5.12 Å². The van der Waals surface area contributed by atoms with E-state index in [0.717, 1.165) is 11.3 Å². The van der Waals surface area contributed by atoms with Crippen LogP contribution in [0.5, 0.6) is 0 Å². The Morgan fingerprint density at radius 2 is 1.96 bits per heavy atom. The van der Waals surface area contributed by atoms with Crippen molar-refractivity contribution in [2.75, 3.05) is 19.0 Å². The first-order chi connectivity index (χ1) is 10.6. The number of hydrogen-bond donors (Lipinski definition) is 2. The minimum Gasteiger partial charge on any atom is -0.444 e. The maximum Gasteiger partial charge on any atom is 0.408 e. The van der Waals surface area contributed by atoms with Gasteiger partial charge in [-0.2, -0.15) is 0 Å². The third kappa shape index (κ3) is 7.41. The van der Waals surface area contributed by atoms with Crippen LogP contribution in [0.3, 0.4) is 0 Å². The lowest BCUT2D eigenvalue weighted by molar-refractivity contribution is -0.112. The minimum atomic E-state index is -0.670. The maximum absolute atomic E-state index is 11.8. The molecule has 0 aliphatic heterocycles. The standard InChI is InChI=1S/C17H26N2O3S/c1-17(2,3)22-16(21)18-14(15(20)23)10-9-12-7-6-8-13(11-12)19(4)5/h6-8,11,14H,9-10H2,1-5H3,(H,18,21)(H,20,23)/t14-/m1/s1. The molecule has 23 heavy (non-hydrogen) atoms. The van der Waals surface area contributed by atoms with Crippen LogP contribution in [0.4, 0.5) is 10.5 Å². The molecule has 6 heteroatoms. The molecule has 0 saturated carbocycles. The summed E-state index contributed by atoms with van der Waals surface area (Å²) < 4.78 is 5.18. The van der Waals surface area contributed by atoms with Crippen LogP contribution in [0, 0.1) is 0 Å². The molecule has 5 nitrogen and oxygen atoms in total. The van der Waals surface area contributed by atoms with E-state index >= 15 is 0 Å². The van der Waals surface area contributed by atoms with E-state index < -0.39 is 17.7 Å². The van der Waals surface area contributed by atoms with Gasteiger partial charge in [-0.05, 0) is 51.3 Å². The van der Waals surface area contributed by atoms with E-state index in [1.807, 2.05) is 37.2 Å². The van der Waals surface area contributed by atoms with Crippen molar-refractivity contribution in [3.05, 3.63) is 29.8 Å². The minimum absolute atomic E-state index is 0.375. The van der Waals surface area contributed by atoms with E-state index in [2.05, 4.69) is 24.0 Å². The highest BCUT2D eigenvalue weighted by Gasteiger charge is 2.22. The van der Waals surface area contributed by atoms with Crippen molar-refractivity contribution >= 4 is 29.5 Å². The average molecular weight is 338 g/mol. The predicted molar refractivity (Wildman–Crippen MR) is 96.2 cm³/mol. The van der Waals surface area contributed by atoms with Crippen molar-refractivity contribution < 1.29 is 14.3 Å². The lowest BCUT2D eigenvalue weighted by atomic mass is 10.0. The number of benzene rings is 1. The molecule has 0 radical (unpaired) electrons. The number of anilines is 1. The monoisotopic (exact) mass is 338 g/mol. The van der Waals surface area contributed by atoms with Gasteiger partial charge >= 0.3 is 6.09 Å². The number of hydrogen-bond acceptors (Lipinski definition) is 4. The zero-order valence-corrected chi connectivity index (χ0v) is 15.3. The van der Waals surface area contributed by atoms with Crippen molar-refractivity contribution in [1.29, 1.82) is 0 Å². The molecule has 0 bridgehead atoms. The third-order valence-electron chi connectivity index (χ3n) is 3.14. The number of alkyl carbamates (subject to hydrolysis) is 1. The molecule has 0 aromatic heterocycles. The Hall–Kier alpha value is -1.69. The van der Waals surface area contributed by atoms with Crippen LogP contribution in [0.1, 0.15) is 32.8 Å². The van der Waals surface area contributed by atoms with E-state index in [1.165, 1.54) is 0 Å². The second-order valence-electron chi connectivity index (χ2n) is 6.64. The highest BCUT2D eigenvalue weighted by atomic mass is 32.1. The summed E-state index contributed by atoms with van der Waals surface area (Å²) in [6.45, 7) is 5.32. The number of ether oxygens (including phenoxy) is 1. The van der Waals surface area contributed by atoms with Crippen molar-refractivity contribution in [2.24, 2.45) is 0 Å². The molecule has 1 aromatic rings. The topological polar surface area (TPSA) is 58.6 Å². The molecular weight excluding hydrogens is 312 g/mol. The summed E-state index contributed by atoms with van der Waals surface area (Å²) in [4.78, 5) is 25.4. The van der Waals surface area contributed by atoms with Crippen LogP contribution in [0.15, 0.2) is 24.3 Å². The summed E-state index contributed by atoms with van der Waals surface area (Å²) >= 11 is 3.86. The summed E-state index contributed by atoms with van der Waals surface area (Å²) in [6.07, 6.45) is 0.527. The van der Waals surface area contributed by atoms with Crippen molar-refractivity contribution in [3.8, 4) is 0 Å². The smallest absolute Gasteiger partial charge is 0.408 e. The Balaban J connectivity index is 2.65. The summed E-state index contributed by atoms with van der Waals surface area (Å²) in [7, 11) is 3.95. The van der Waals surface area contributed by atoms with E-state index in [4.69, 9.17) is 4.74 Å². The van der Waals surface area contributed by atoms with Crippen LogP contribution in [-0.4, -0.2) is 36.9 Å². The van der Waals surface area contributed by atoms with Gasteiger partial charge in [0.15, 0.2) is 0 Å². The van der Waals surface area contributed by atoms with Gasteiger partial charge in [0.05, 0.1) is 0 Å². The second-order valence-corrected chi connectivity index (χ2v) is 7.08. The van der Waals surface area contributed by atoms with Gasteiger partial charge in [0.1, 0.15) is 11.6 Å². The number of aryl methyl sites for hydroxylation is 1. The molecule has 0 aliphatic rings. The normalized spacial score (nSPS) is 12.4. The van der Waals surface area contributed by atoms with Crippen molar-refractivity contribution in [2.45, 2.75) is 45.3 Å². The van der Waals surface area contributed by atoms with Gasteiger partial charge in [-0.3, -0.25) is 4.79 Å². The lowest BCUT2D eigenvalue weighted by Crippen LogP contribution is -2.42. The number of nitrogens with zero attached hydrogens (tertiary/aromatic N) is 1. The second kappa shape index (κ2) is 8.24. The fourth-order valence-electron chi connectivity index (χ4n) is 2.01. The number of amides is 1. The molecule has 1 rings (SSSR count). The first-order valence-electron chi connectivity index (χ1n) is 7.57. The SMILES string of the molecule is CN(C)c1cccc(CC[C@@H](NC(=O)OC(C)(C)C)C(=O)S)c1. The van der Waals surface area contributed by atoms with Crippen molar-refractivity contribution in [3.63, 3.8) is 0 Å². The number of nitrogens with one attached hydrogen (secondary N) is 1. The molecule has 0 aliphatic carbocycles. The third-order valence-corrected chi connectivity index (χ3v) is 3.45. The number of carbonyl (C=O) groups is 2. The zero-order chi connectivity index (χ0) is 17.6. The van der Waals surface area contributed by atoms with E-state index in [0.29, 0.717) is 12.8 Å². The average Bonchev–Trinajstić information content (AvgIpc) is 2.41. The molecule has 1 aromatic carbocycles. The van der Waals surface area contributed by atoms with Crippen molar-refractivity contribution in [1.82, 2.24) is 5.32 Å². The molecule has 0 saturated heterocycles. The van der Waals surface area contributed by atoms with Gasteiger partial charge < -0.3 is 15.0 Å². The lowest BCUT2D eigenvalue weighted by Gasteiger charge is -2.22. The molecule has 0 unspecified atom stereocenters. The molecular formula is C17H26N2O3S. The first kappa shape index (κ1) is 19.4. The number of thiol groups is 1. The van der Waals surface area contributed by atoms with Gasteiger partial charge in [0, 0.05) is 19.8 Å². The van der Waals surface area contributed by atoms with Crippen LogP contribution in [0.25, 0.3) is 0 Å². The van der Waals surface area contributed by atoms with E-state index in [9.17, 15) is 9.59 Å². The summed E-state index contributed by atoms with van der Waals surface area (Å²) in [5, 5.41) is 2.21. The van der Waals surface area contributed by atoms with Crippen LogP contribution >= 0.6 is 12.6 Å². The molecule has 1 amide bonds. The van der Waals surface area contributed by atoms with Gasteiger partial charge in [-0.15, -0.1) is 12.6 Å². The fourth-order valence-corrected chi connectivity index (χ4v) is 2.20. The van der Waals surface area contributed by atoms with Gasteiger partial charge in [-0.1, -0.05) is 12.1 Å². The van der Waals surface area contributed by atoms with Gasteiger partial charge in [-0.25, -0.2) is 4.79 Å². The molecule has 1 atom stereocenters. The first-order valence-corrected chi connectivity index (χ1v) is 8.02. The highest BCUT2D eigenvalue weighted by Crippen LogP contribution is 2.16. The van der Waals surface area contributed by atoms with Crippen LogP contribution < -0.4 is 10.2 Å². The molecule has 128 valence electrons. The van der Waals surface area contributed by atoms with E-state index in [1.54, 1.807) is 20.8 Å². The summed E-state index contributed by atoms with van der Waals surface area (Å²) in [6, 6.07) is 7.39. The molecule has 0 heterocycles. The summed E-state index contributed by atoms with van der Waals surface area (Å²) in [5.41, 5.74) is 1.59. The maximum atomic E-state index is 11.8. The highest BCUT2D eigenvalue weighted by molar-refractivity contribution is 7.96.